The van der Waals surface area contributed by atoms with Crippen molar-refractivity contribution in [3.63, 3.8) is 0 Å². The van der Waals surface area contributed by atoms with Crippen LogP contribution >= 0.6 is 0 Å². The van der Waals surface area contributed by atoms with Crippen LogP contribution in [0.2, 0.25) is 0 Å². The number of rotatable bonds is 5. The van der Waals surface area contributed by atoms with E-state index in [-0.39, 0.29) is 36.9 Å². The van der Waals surface area contributed by atoms with E-state index in [1.807, 2.05) is 25.7 Å². The van der Waals surface area contributed by atoms with E-state index in [0.717, 1.165) is 13.1 Å². The molecule has 2 aliphatic heterocycles. The molecule has 25 heavy (non-hydrogen) atoms. The Morgan fingerprint density at radius 2 is 1.92 bits per heavy atom. The predicted molar refractivity (Wildman–Crippen MR) is 92.6 cm³/mol. The molecule has 0 spiro atoms. The molecular weight excluding hydrogens is 326 g/mol. The highest BCUT2D eigenvalue weighted by Crippen LogP contribution is 2.19. The van der Waals surface area contributed by atoms with Crippen molar-refractivity contribution in [3.05, 3.63) is 0 Å². The topological polar surface area (TPSA) is 82.6 Å². The van der Waals surface area contributed by atoms with Crippen molar-refractivity contribution in [2.45, 2.75) is 51.9 Å². The molecule has 2 rings (SSSR count). The van der Waals surface area contributed by atoms with Gasteiger partial charge in [-0.3, -0.25) is 14.6 Å². The third-order valence-corrected chi connectivity index (χ3v) is 4.81. The molecule has 144 valence electrons. The number of carboxylic acid groups (broad SMARTS) is 1. The van der Waals surface area contributed by atoms with Gasteiger partial charge in [-0.2, -0.15) is 0 Å². The molecule has 0 aromatic carbocycles. The average Bonchev–Trinajstić information content (AvgIpc) is 2.50. The lowest BCUT2D eigenvalue weighted by Crippen LogP contribution is -2.63. The Bertz CT molecular complexity index is 473. The van der Waals surface area contributed by atoms with E-state index in [1.54, 1.807) is 4.90 Å². The van der Waals surface area contributed by atoms with Gasteiger partial charge in [0.2, 0.25) is 0 Å². The Hall–Kier alpha value is -1.38. The molecule has 2 aliphatic rings. The van der Waals surface area contributed by atoms with E-state index in [1.165, 1.54) is 0 Å². The van der Waals surface area contributed by atoms with Crippen molar-refractivity contribution in [1.29, 1.82) is 0 Å². The molecule has 1 amide bonds. The highest BCUT2D eigenvalue weighted by Gasteiger charge is 2.37. The van der Waals surface area contributed by atoms with Crippen molar-refractivity contribution in [3.8, 4) is 0 Å². The summed E-state index contributed by atoms with van der Waals surface area (Å²) in [7, 11) is 0. The Morgan fingerprint density at radius 1 is 1.20 bits per heavy atom. The molecule has 2 saturated heterocycles. The largest absolute Gasteiger partial charge is 0.480 e. The Balaban J connectivity index is 2.08. The van der Waals surface area contributed by atoms with Gasteiger partial charge < -0.3 is 19.5 Å². The first-order valence-corrected chi connectivity index (χ1v) is 9.02. The molecule has 0 aliphatic carbocycles. The van der Waals surface area contributed by atoms with Gasteiger partial charge in [-0.1, -0.05) is 0 Å². The molecule has 1 N–H and O–H groups in total. The molecule has 8 heteroatoms. The lowest BCUT2D eigenvalue weighted by Gasteiger charge is -2.47. The van der Waals surface area contributed by atoms with E-state index < -0.39 is 5.97 Å². The second-order valence-electron chi connectivity index (χ2n) is 7.33. The number of carbonyl (C=O) groups excluding carboxylic acids is 1. The molecule has 2 fully saturated rings. The number of hydrogen-bond donors (Lipinski definition) is 1. The maximum Gasteiger partial charge on any atom is 0.410 e. The van der Waals surface area contributed by atoms with Crippen LogP contribution in [0.5, 0.6) is 0 Å². The molecule has 0 bridgehead atoms. The van der Waals surface area contributed by atoms with Crippen LogP contribution < -0.4 is 0 Å². The number of carboxylic acids is 1. The number of piperazine rings is 1. The van der Waals surface area contributed by atoms with Crippen molar-refractivity contribution < 1.29 is 24.2 Å². The van der Waals surface area contributed by atoms with Crippen LogP contribution in [0.4, 0.5) is 4.79 Å². The van der Waals surface area contributed by atoms with Gasteiger partial charge in [0, 0.05) is 44.3 Å². The van der Waals surface area contributed by atoms with E-state index in [0.29, 0.717) is 26.3 Å². The van der Waals surface area contributed by atoms with Crippen molar-refractivity contribution in [2.75, 3.05) is 45.9 Å². The summed E-state index contributed by atoms with van der Waals surface area (Å²) in [5.74, 6) is -0.842. The summed E-state index contributed by atoms with van der Waals surface area (Å²) in [6.07, 6.45) is -0.494. The smallest absolute Gasteiger partial charge is 0.410 e. The quantitative estimate of drug-likeness (QED) is 0.776. The number of morpholine rings is 1. The number of hydrogen-bond acceptors (Lipinski definition) is 6. The van der Waals surface area contributed by atoms with Gasteiger partial charge >= 0.3 is 12.1 Å². The Kier molecular flexibility index (Phi) is 7.04. The van der Waals surface area contributed by atoms with Crippen molar-refractivity contribution >= 4 is 12.1 Å². The fraction of sp³-hybridized carbons (Fsp3) is 0.882. The van der Waals surface area contributed by atoms with Crippen LogP contribution in [0.3, 0.4) is 0 Å². The first-order chi connectivity index (χ1) is 11.8. The van der Waals surface area contributed by atoms with Gasteiger partial charge in [-0.15, -0.1) is 0 Å². The number of aliphatic carboxylic acids is 1. The summed E-state index contributed by atoms with van der Waals surface area (Å²) in [6.45, 7) is 11.6. The summed E-state index contributed by atoms with van der Waals surface area (Å²) in [5, 5.41) is 9.24. The zero-order chi connectivity index (χ0) is 18.6. The fourth-order valence-electron chi connectivity index (χ4n) is 3.48. The minimum Gasteiger partial charge on any atom is -0.480 e. The monoisotopic (exact) mass is 357 g/mol. The molecule has 2 heterocycles. The molecular formula is C17H31N3O5. The number of amides is 1. The van der Waals surface area contributed by atoms with Gasteiger partial charge in [0.25, 0.3) is 0 Å². The highest BCUT2D eigenvalue weighted by atomic mass is 16.6. The summed E-state index contributed by atoms with van der Waals surface area (Å²) in [6, 6.07) is 0.173. The van der Waals surface area contributed by atoms with Crippen LogP contribution in [0, 0.1) is 0 Å². The zero-order valence-corrected chi connectivity index (χ0v) is 15.7. The maximum absolute atomic E-state index is 12.4. The number of ether oxygens (including phenoxy) is 2. The van der Waals surface area contributed by atoms with Crippen LogP contribution in [0.25, 0.3) is 0 Å². The molecule has 0 aromatic heterocycles. The van der Waals surface area contributed by atoms with Crippen LogP contribution in [-0.2, 0) is 14.3 Å². The SMILES string of the molecule is CC(C)OC(=O)N1C[C@H](CN2CCOC[C@H]2C)N(CC(=O)O)C[C@H]1C. The van der Waals surface area contributed by atoms with E-state index in [4.69, 9.17) is 9.47 Å². The third-order valence-electron chi connectivity index (χ3n) is 4.81. The van der Waals surface area contributed by atoms with Gasteiger partial charge in [0.15, 0.2) is 0 Å². The lowest BCUT2D eigenvalue weighted by molar-refractivity contribution is -0.140. The van der Waals surface area contributed by atoms with E-state index in [9.17, 15) is 14.7 Å². The van der Waals surface area contributed by atoms with Gasteiger partial charge in [-0.25, -0.2) is 4.79 Å². The summed E-state index contributed by atoms with van der Waals surface area (Å²) in [5.41, 5.74) is 0. The average molecular weight is 357 g/mol. The minimum atomic E-state index is -0.842. The summed E-state index contributed by atoms with van der Waals surface area (Å²) >= 11 is 0. The van der Waals surface area contributed by atoms with E-state index >= 15 is 0 Å². The van der Waals surface area contributed by atoms with Crippen molar-refractivity contribution in [1.82, 2.24) is 14.7 Å². The molecule has 0 saturated carbocycles. The summed E-state index contributed by atoms with van der Waals surface area (Å²) < 4.78 is 10.8. The third kappa shape index (κ3) is 5.55. The molecule has 0 unspecified atom stereocenters. The molecule has 3 atom stereocenters. The van der Waals surface area contributed by atoms with E-state index in [2.05, 4.69) is 11.8 Å². The normalized spacial score (nSPS) is 29.0. The highest BCUT2D eigenvalue weighted by molar-refractivity contribution is 5.70. The molecule has 8 nitrogen and oxygen atoms in total. The number of nitrogens with zero attached hydrogens (tertiary/aromatic N) is 3. The lowest BCUT2D eigenvalue weighted by atomic mass is 10.1. The Morgan fingerprint density at radius 3 is 2.52 bits per heavy atom. The van der Waals surface area contributed by atoms with Crippen LogP contribution in [0.15, 0.2) is 0 Å². The zero-order valence-electron chi connectivity index (χ0n) is 15.7. The molecule has 0 aromatic rings. The first kappa shape index (κ1) is 19.9. The van der Waals surface area contributed by atoms with Gasteiger partial charge in [0.05, 0.1) is 25.9 Å². The van der Waals surface area contributed by atoms with Gasteiger partial charge in [0.1, 0.15) is 0 Å². The second-order valence-corrected chi connectivity index (χ2v) is 7.33. The fourth-order valence-corrected chi connectivity index (χ4v) is 3.48. The summed E-state index contributed by atoms with van der Waals surface area (Å²) in [4.78, 5) is 29.6. The predicted octanol–water partition coefficient (Wildman–Crippen LogP) is 0.711. The standard InChI is InChI=1S/C17H31N3O5/c1-12(2)25-17(23)20-9-15(8-18-5-6-24-11-14(18)4)19(7-13(20)3)10-16(21)22/h12-15H,5-11H2,1-4H3,(H,21,22)/t13-,14-,15+/m1/s1. The first-order valence-electron chi connectivity index (χ1n) is 9.02. The second kappa shape index (κ2) is 8.82. The maximum atomic E-state index is 12.4. The van der Waals surface area contributed by atoms with Gasteiger partial charge in [-0.05, 0) is 27.7 Å². The minimum absolute atomic E-state index is 0.0131. The Labute approximate surface area is 149 Å². The van der Waals surface area contributed by atoms with Crippen LogP contribution in [0.1, 0.15) is 27.7 Å². The number of carbonyl (C=O) groups is 2. The molecule has 0 radical (unpaired) electrons. The van der Waals surface area contributed by atoms with Crippen LogP contribution in [-0.4, -0.2) is 102 Å². The van der Waals surface area contributed by atoms with Crippen molar-refractivity contribution in [2.24, 2.45) is 0 Å².